The summed E-state index contributed by atoms with van der Waals surface area (Å²) in [4.78, 5) is 23.0. The minimum absolute atomic E-state index is 0.0340. The maximum Gasteiger partial charge on any atom is 0.317 e. The number of carbonyl (C=O) groups is 2. The Morgan fingerprint density at radius 1 is 1.43 bits per heavy atom. The number of esters is 1. The Morgan fingerprint density at radius 3 is 2.36 bits per heavy atom. The zero-order valence-electron chi connectivity index (χ0n) is 9.29. The maximum absolute atomic E-state index is 11.6. The molecule has 0 aliphatic heterocycles. The molecule has 1 rings (SSSR count). The number of hydrogen-bond acceptors (Lipinski definition) is 3. The fraction of sp³-hybridized carbons (Fsp3) is 0.818. The van der Waals surface area contributed by atoms with Crippen LogP contribution in [0.5, 0.6) is 0 Å². The number of carbonyl (C=O) groups excluding carboxylic acids is 2. The summed E-state index contributed by atoms with van der Waals surface area (Å²) in [5, 5.41) is 0. The highest BCUT2D eigenvalue weighted by Crippen LogP contribution is 2.29. The van der Waals surface area contributed by atoms with E-state index in [4.69, 9.17) is 4.74 Å². The predicted molar refractivity (Wildman–Crippen MR) is 52.7 cm³/mol. The van der Waals surface area contributed by atoms with Crippen molar-refractivity contribution in [2.24, 2.45) is 11.8 Å². The number of rotatable bonds is 1. The Labute approximate surface area is 84.8 Å². The summed E-state index contributed by atoms with van der Waals surface area (Å²) in [6.45, 7) is 7.43. The van der Waals surface area contributed by atoms with Crippen LogP contribution in [0.3, 0.4) is 0 Å². The van der Waals surface area contributed by atoms with Crippen molar-refractivity contribution >= 4 is 11.8 Å². The van der Waals surface area contributed by atoms with Crippen LogP contribution < -0.4 is 0 Å². The molecule has 1 saturated carbocycles. The molecule has 0 bridgehead atoms. The fourth-order valence-corrected chi connectivity index (χ4v) is 1.70. The Balaban J connectivity index is 2.58. The van der Waals surface area contributed by atoms with Crippen LogP contribution in [0.2, 0.25) is 0 Å². The molecule has 14 heavy (non-hydrogen) atoms. The highest BCUT2D eigenvalue weighted by molar-refractivity contribution is 6.00. The van der Waals surface area contributed by atoms with E-state index >= 15 is 0 Å². The summed E-state index contributed by atoms with van der Waals surface area (Å²) in [6.07, 6.45) is 1.16. The van der Waals surface area contributed by atoms with Gasteiger partial charge in [-0.3, -0.25) is 9.59 Å². The molecule has 1 aliphatic carbocycles. The van der Waals surface area contributed by atoms with Crippen molar-refractivity contribution in [1.82, 2.24) is 0 Å². The van der Waals surface area contributed by atoms with Crippen molar-refractivity contribution in [1.29, 1.82) is 0 Å². The zero-order valence-corrected chi connectivity index (χ0v) is 9.29. The van der Waals surface area contributed by atoms with Gasteiger partial charge in [-0.2, -0.15) is 0 Å². The van der Waals surface area contributed by atoms with E-state index in [0.717, 1.165) is 0 Å². The minimum Gasteiger partial charge on any atom is -0.459 e. The van der Waals surface area contributed by atoms with Crippen LogP contribution in [0.25, 0.3) is 0 Å². The average molecular weight is 198 g/mol. The molecule has 0 heterocycles. The molecule has 2 atom stereocenters. The van der Waals surface area contributed by atoms with Crippen LogP contribution in [0.1, 0.15) is 40.5 Å². The highest BCUT2D eigenvalue weighted by Gasteiger charge is 2.37. The first-order chi connectivity index (χ1) is 6.29. The van der Waals surface area contributed by atoms with E-state index in [0.29, 0.717) is 18.8 Å². The van der Waals surface area contributed by atoms with Gasteiger partial charge >= 0.3 is 5.97 Å². The van der Waals surface area contributed by atoms with Gasteiger partial charge < -0.3 is 4.74 Å². The van der Waals surface area contributed by atoms with Crippen LogP contribution >= 0.6 is 0 Å². The standard InChI is InChI=1S/C11H18O3/c1-7-5-8(9(12)6-7)10(13)14-11(2,3)4/h7-8H,5-6H2,1-4H3/t7?,8-/m0/s1. The summed E-state index contributed by atoms with van der Waals surface area (Å²) >= 11 is 0. The van der Waals surface area contributed by atoms with E-state index in [1.807, 2.05) is 27.7 Å². The Kier molecular flexibility index (Phi) is 2.98. The molecule has 0 spiro atoms. The summed E-state index contributed by atoms with van der Waals surface area (Å²) < 4.78 is 5.18. The van der Waals surface area contributed by atoms with E-state index in [1.165, 1.54) is 0 Å². The van der Waals surface area contributed by atoms with Crippen molar-refractivity contribution in [2.75, 3.05) is 0 Å². The van der Waals surface area contributed by atoms with Crippen LogP contribution in [0, 0.1) is 11.8 Å². The average Bonchev–Trinajstić information content (AvgIpc) is 2.26. The molecule has 1 aliphatic rings. The molecule has 0 N–H and O–H groups in total. The third-order valence-electron chi connectivity index (χ3n) is 2.27. The van der Waals surface area contributed by atoms with Crippen molar-refractivity contribution in [3.8, 4) is 0 Å². The lowest BCUT2D eigenvalue weighted by Gasteiger charge is -2.21. The molecule has 0 saturated heterocycles. The minimum atomic E-state index is -0.510. The number of Topliss-reactive ketones (excluding diaryl/α,β-unsaturated/α-hetero) is 1. The van der Waals surface area contributed by atoms with E-state index in [1.54, 1.807) is 0 Å². The van der Waals surface area contributed by atoms with Crippen molar-refractivity contribution < 1.29 is 14.3 Å². The number of ether oxygens (including phenoxy) is 1. The van der Waals surface area contributed by atoms with Gasteiger partial charge in [0.05, 0.1) is 0 Å². The molecule has 3 nitrogen and oxygen atoms in total. The van der Waals surface area contributed by atoms with Crippen LogP contribution in [0.15, 0.2) is 0 Å². The van der Waals surface area contributed by atoms with Gasteiger partial charge in [0.15, 0.2) is 0 Å². The van der Waals surface area contributed by atoms with Crippen LogP contribution in [0.4, 0.5) is 0 Å². The van der Waals surface area contributed by atoms with Gasteiger partial charge in [-0.25, -0.2) is 0 Å². The summed E-state index contributed by atoms with van der Waals surface area (Å²) in [5.74, 6) is -0.511. The van der Waals surface area contributed by atoms with Crippen molar-refractivity contribution in [3.63, 3.8) is 0 Å². The van der Waals surface area contributed by atoms with Gasteiger partial charge in [0.1, 0.15) is 17.3 Å². The van der Waals surface area contributed by atoms with Gasteiger partial charge in [0, 0.05) is 6.42 Å². The largest absolute Gasteiger partial charge is 0.459 e. The molecule has 80 valence electrons. The van der Waals surface area contributed by atoms with Gasteiger partial charge in [0.25, 0.3) is 0 Å². The topological polar surface area (TPSA) is 43.4 Å². The lowest BCUT2D eigenvalue weighted by atomic mass is 10.1. The predicted octanol–water partition coefficient (Wildman–Crippen LogP) is 1.94. The van der Waals surface area contributed by atoms with E-state index < -0.39 is 11.5 Å². The van der Waals surface area contributed by atoms with Gasteiger partial charge in [0.2, 0.25) is 0 Å². The van der Waals surface area contributed by atoms with Gasteiger partial charge in [-0.05, 0) is 33.1 Å². The van der Waals surface area contributed by atoms with E-state index in [9.17, 15) is 9.59 Å². The third kappa shape index (κ3) is 2.82. The van der Waals surface area contributed by atoms with Crippen molar-refractivity contribution in [3.05, 3.63) is 0 Å². The van der Waals surface area contributed by atoms with Crippen molar-refractivity contribution in [2.45, 2.75) is 46.1 Å². The first kappa shape index (κ1) is 11.2. The number of ketones is 1. The second-order valence-electron chi connectivity index (χ2n) is 5.10. The fourth-order valence-electron chi connectivity index (χ4n) is 1.70. The second-order valence-corrected chi connectivity index (χ2v) is 5.10. The lowest BCUT2D eigenvalue weighted by Crippen LogP contribution is -2.30. The summed E-state index contributed by atoms with van der Waals surface area (Å²) in [5.41, 5.74) is -0.497. The quantitative estimate of drug-likeness (QED) is 0.477. The summed E-state index contributed by atoms with van der Waals surface area (Å²) in [6, 6.07) is 0. The molecular formula is C11H18O3. The SMILES string of the molecule is CC1CC(=O)[C@@H](C(=O)OC(C)(C)C)C1. The van der Waals surface area contributed by atoms with E-state index in [-0.39, 0.29) is 11.8 Å². The highest BCUT2D eigenvalue weighted by atomic mass is 16.6. The normalized spacial score (nSPS) is 27.9. The van der Waals surface area contributed by atoms with E-state index in [2.05, 4.69) is 0 Å². The molecule has 1 fully saturated rings. The molecule has 1 unspecified atom stereocenters. The molecule has 0 aromatic carbocycles. The zero-order chi connectivity index (χ0) is 10.9. The number of hydrogen-bond donors (Lipinski definition) is 0. The lowest BCUT2D eigenvalue weighted by molar-refractivity contribution is -0.161. The molecule has 0 radical (unpaired) electrons. The van der Waals surface area contributed by atoms with Gasteiger partial charge in [-0.15, -0.1) is 0 Å². The summed E-state index contributed by atoms with van der Waals surface area (Å²) in [7, 11) is 0. The third-order valence-corrected chi connectivity index (χ3v) is 2.27. The van der Waals surface area contributed by atoms with Gasteiger partial charge in [-0.1, -0.05) is 6.92 Å². The Bertz CT molecular complexity index is 250. The Hall–Kier alpha value is -0.860. The molecule has 0 aromatic heterocycles. The molecule has 3 heteroatoms. The smallest absolute Gasteiger partial charge is 0.317 e. The van der Waals surface area contributed by atoms with Crippen LogP contribution in [-0.4, -0.2) is 17.4 Å². The molecule has 0 amide bonds. The first-order valence-electron chi connectivity index (χ1n) is 5.05. The molecular weight excluding hydrogens is 180 g/mol. The van der Waals surface area contributed by atoms with Crippen LogP contribution in [-0.2, 0) is 14.3 Å². The second kappa shape index (κ2) is 3.71. The molecule has 0 aromatic rings. The first-order valence-corrected chi connectivity index (χ1v) is 5.05. The monoisotopic (exact) mass is 198 g/mol. The Morgan fingerprint density at radius 2 is 2.00 bits per heavy atom. The maximum atomic E-state index is 11.6.